The van der Waals surface area contributed by atoms with Gasteiger partial charge in [0.25, 0.3) is 0 Å². The van der Waals surface area contributed by atoms with Gasteiger partial charge in [-0.25, -0.2) is 0 Å². The Morgan fingerprint density at radius 1 is 1.33 bits per heavy atom. The fraction of sp³-hybridized carbons (Fsp3) is 0.533. The van der Waals surface area contributed by atoms with Crippen LogP contribution in [-0.2, 0) is 4.79 Å². The van der Waals surface area contributed by atoms with Crippen LogP contribution in [-0.4, -0.2) is 30.9 Å². The molecule has 18 heavy (non-hydrogen) atoms. The Kier molecular flexibility index (Phi) is 5.69. The molecule has 0 unspecified atom stereocenters. The molecule has 0 aliphatic heterocycles. The summed E-state index contributed by atoms with van der Waals surface area (Å²) < 4.78 is 0. The van der Waals surface area contributed by atoms with Crippen LogP contribution in [0.3, 0.4) is 0 Å². The largest absolute Gasteiger partial charge is 0.384 e. The van der Waals surface area contributed by atoms with Crippen LogP contribution in [0.5, 0.6) is 0 Å². The number of aryl methyl sites for hydroxylation is 1. The molecule has 1 rings (SSSR count). The lowest BCUT2D eigenvalue weighted by Crippen LogP contribution is -2.31. The molecule has 100 valence electrons. The van der Waals surface area contributed by atoms with E-state index < -0.39 is 0 Å². The molecule has 0 bridgehead atoms. The summed E-state index contributed by atoms with van der Waals surface area (Å²) >= 11 is 0. The highest BCUT2D eigenvalue weighted by Gasteiger charge is 2.09. The van der Waals surface area contributed by atoms with E-state index in [9.17, 15) is 4.79 Å². The molecule has 0 spiro atoms. The second-order valence-electron chi connectivity index (χ2n) is 5.16. The van der Waals surface area contributed by atoms with E-state index in [1.165, 1.54) is 5.56 Å². The molecule has 0 aromatic heterocycles. The van der Waals surface area contributed by atoms with Crippen molar-refractivity contribution in [2.75, 3.05) is 25.5 Å². The Labute approximate surface area is 110 Å². The van der Waals surface area contributed by atoms with Gasteiger partial charge in [-0.1, -0.05) is 32.0 Å². The quantitative estimate of drug-likeness (QED) is 0.839. The zero-order valence-corrected chi connectivity index (χ0v) is 11.9. The SMILES string of the molecule is Cc1ccccc1NCCC(=O)N(C)CC(C)C. The summed E-state index contributed by atoms with van der Waals surface area (Å²) in [6.45, 7) is 7.81. The molecule has 0 atom stereocenters. The molecule has 3 nitrogen and oxygen atoms in total. The Balaban J connectivity index is 2.34. The van der Waals surface area contributed by atoms with E-state index in [2.05, 4.69) is 32.2 Å². The van der Waals surface area contributed by atoms with E-state index in [-0.39, 0.29) is 5.91 Å². The second-order valence-corrected chi connectivity index (χ2v) is 5.16. The Hall–Kier alpha value is -1.51. The van der Waals surface area contributed by atoms with Crippen LogP contribution >= 0.6 is 0 Å². The van der Waals surface area contributed by atoms with Gasteiger partial charge in [-0.05, 0) is 24.5 Å². The van der Waals surface area contributed by atoms with E-state index in [0.29, 0.717) is 18.9 Å². The van der Waals surface area contributed by atoms with Gasteiger partial charge in [0, 0.05) is 32.2 Å². The van der Waals surface area contributed by atoms with Gasteiger partial charge in [-0.2, -0.15) is 0 Å². The topological polar surface area (TPSA) is 32.3 Å². The Morgan fingerprint density at radius 2 is 2.00 bits per heavy atom. The second kappa shape index (κ2) is 7.04. The summed E-state index contributed by atoms with van der Waals surface area (Å²) in [5, 5.41) is 3.30. The van der Waals surface area contributed by atoms with Crippen molar-refractivity contribution < 1.29 is 4.79 Å². The fourth-order valence-corrected chi connectivity index (χ4v) is 1.92. The maximum absolute atomic E-state index is 11.8. The van der Waals surface area contributed by atoms with E-state index >= 15 is 0 Å². The standard InChI is InChI=1S/C15H24N2O/c1-12(2)11-17(4)15(18)9-10-16-14-8-6-5-7-13(14)3/h5-8,12,16H,9-11H2,1-4H3. The van der Waals surface area contributed by atoms with Crippen molar-refractivity contribution in [1.82, 2.24) is 4.90 Å². The number of carbonyl (C=O) groups is 1. The van der Waals surface area contributed by atoms with Gasteiger partial charge in [0.1, 0.15) is 0 Å². The maximum Gasteiger partial charge on any atom is 0.224 e. The van der Waals surface area contributed by atoms with Crippen molar-refractivity contribution in [2.45, 2.75) is 27.2 Å². The monoisotopic (exact) mass is 248 g/mol. The average Bonchev–Trinajstić information content (AvgIpc) is 2.30. The highest BCUT2D eigenvalue weighted by molar-refractivity contribution is 5.76. The Bertz CT molecular complexity index is 388. The summed E-state index contributed by atoms with van der Waals surface area (Å²) in [6.07, 6.45) is 0.539. The molecule has 0 saturated carbocycles. The maximum atomic E-state index is 11.8. The highest BCUT2D eigenvalue weighted by atomic mass is 16.2. The van der Waals surface area contributed by atoms with Crippen molar-refractivity contribution in [2.24, 2.45) is 5.92 Å². The molecular formula is C15H24N2O. The zero-order valence-electron chi connectivity index (χ0n) is 11.9. The van der Waals surface area contributed by atoms with Crippen LogP contribution < -0.4 is 5.32 Å². The predicted octanol–water partition coefficient (Wildman–Crippen LogP) is 2.91. The van der Waals surface area contributed by atoms with E-state index in [1.54, 1.807) is 0 Å². The minimum atomic E-state index is 0.199. The first kappa shape index (κ1) is 14.6. The van der Waals surface area contributed by atoms with Crippen LogP contribution in [0.15, 0.2) is 24.3 Å². The number of para-hydroxylation sites is 1. The van der Waals surface area contributed by atoms with Crippen LogP contribution in [0.4, 0.5) is 5.69 Å². The van der Waals surface area contributed by atoms with Gasteiger partial charge in [-0.3, -0.25) is 4.79 Å². The lowest BCUT2D eigenvalue weighted by Gasteiger charge is -2.19. The van der Waals surface area contributed by atoms with Crippen LogP contribution in [0.25, 0.3) is 0 Å². The number of nitrogens with one attached hydrogen (secondary N) is 1. The zero-order chi connectivity index (χ0) is 13.5. The third kappa shape index (κ3) is 4.78. The third-order valence-electron chi connectivity index (χ3n) is 2.86. The molecule has 0 aliphatic rings. The first-order valence-electron chi connectivity index (χ1n) is 6.54. The summed E-state index contributed by atoms with van der Waals surface area (Å²) in [5.74, 6) is 0.716. The van der Waals surface area contributed by atoms with E-state index in [0.717, 1.165) is 12.2 Å². The molecule has 0 fully saturated rings. The van der Waals surface area contributed by atoms with Gasteiger partial charge >= 0.3 is 0 Å². The molecule has 1 aromatic carbocycles. The molecule has 0 aliphatic carbocycles. The first-order chi connectivity index (χ1) is 8.50. The number of benzene rings is 1. The Morgan fingerprint density at radius 3 is 2.61 bits per heavy atom. The number of hydrogen-bond acceptors (Lipinski definition) is 2. The number of rotatable bonds is 6. The van der Waals surface area contributed by atoms with Crippen molar-refractivity contribution in [3.8, 4) is 0 Å². The molecule has 3 heteroatoms. The molecule has 0 heterocycles. The molecule has 0 radical (unpaired) electrons. The van der Waals surface area contributed by atoms with Crippen molar-refractivity contribution in [1.29, 1.82) is 0 Å². The van der Waals surface area contributed by atoms with Gasteiger partial charge < -0.3 is 10.2 Å². The van der Waals surface area contributed by atoms with Crippen molar-refractivity contribution in [3.63, 3.8) is 0 Å². The van der Waals surface area contributed by atoms with Crippen molar-refractivity contribution in [3.05, 3.63) is 29.8 Å². The summed E-state index contributed by atoms with van der Waals surface area (Å²) in [5.41, 5.74) is 2.32. The summed E-state index contributed by atoms with van der Waals surface area (Å²) in [6, 6.07) is 8.12. The number of anilines is 1. The van der Waals surface area contributed by atoms with Crippen LogP contribution in [0.1, 0.15) is 25.8 Å². The molecule has 1 N–H and O–H groups in total. The minimum absolute atomic E-state index is 0.199. The van der Waals surface area contributed by atoms with Gasteiger partial charge in [0.2, 0.25) is 5.91 Å². The normalized spacial score (nSPS) is 10.5. The molecule has 1 aromatic rings. The number of carbonyl (C=O) groups excluding carboxylic acids is 1. The molecular weight excluding hydrogens is 224 g/mol. The minimum Gasteiger partial charge on any atom is -0.384 e. The number of amides is 1. The smallest absolute Gasteiger partial charge is 0.224 e. The van der Waals surface area contributed by atoms with Crippen LogP contribution in [0.2, 0.25) is 0 Å². The third-order valence-corrected chi connectivity index (χ3v) is 2.86. The molecule has 1 amide bonds. The summed E-state index contributed by atoms with van der Waals surface area (Å²) in [4.78, 5) is 13.6. The van der Waals surface area contributed by atoms with Gasteiger partial charge in [0.15, 0.2) is 0 Å². The van der Waals surface area contributed by atoms with Crippen LogP contribution in [0, 0.1) is 12.8 Å². The lowest BCUT2D eigenvalue weighted by molar-refractivity contribution is -0.130. The summed E-state index contributed by atoms with van der Waals surface area (Å²) in [7, 11) is 1.87. The lowest BCUT2D eigenvalue weighted by atomic mass is 10.2. The fourth-order valence-electron chi connectivity index (χ4n) is 1.92. The highest BCUT2D eigenvalue weighted by Crippen LogP contribution is 2.12. The molecule has 0 saturated heterocycles. The number of nitrogens with zero attached hydrogens (tertiary/aromatic N) is 1. The first-order valence-corrected chi connectivity index (χ1v) is 6.54. The van der Waals surface area contributed by atoms with Crippen molar-refractivity contribution >= 4 is 11.6 Å². The van der Waals surface area contributed by atoms with E-state index in [1.807, 2.05) is 30.1 Å². The van der Waals surface area contributed by atoms with Gasteiger partial charge in [-0.15, -0.1) is 0 Å². The predicted molar refractivity (Wildman–Crippen MR) is 76.8 cm³/mol. The number of hydrogen-bond donors (Lipinski definition) is 1. The average molecular weight is 248 g/mol. The van der Waals surface area contributed by atoms with Gasteiger partial charge in [0.05, 0.1) is 0 Å². The van der Waals surface area contributed by atoms with E-state index in [4.69, 9.17) is 0 Å².